The number of rotatable bonds is 2. The van der Waals surface area contributed by atoms with Gasteiger partial charge in [0.25, 0.3) is 0 Å². The molecule has 0 spiro atoms. The summed E-state index contributed by atoms with van der Waals surface area (Å²) in [7, 11) is 1.97. The molecule has 0 aliphatic carbocycles. The summed E-state index contributed by atoms with van der Waals surface area (Å²) in [5, 5.41) is 3.26. The number of hydrogen-bond acceptors (Lipinski definition) is 4. The van der Waals surface area contributed by atoms with Gasteiger partial charge in [0.05, 0.1) is 19.3 Å². The molecule has 1 aromatic carbocycles. The fourth-order valence-electron chi connectivity index (χ4n) is 2.46. The Morgan fingerprint density at radius 1 is 1.29 bits per heavy atom. The minimum Gasteiger partial charge on any atom is -0.491 e. The topological polar surface area (TPSA) is 33.7 Å². The minimum atomic E-state index is 0.337. The first-order valence-electron chi connectivity index (χ1n) is 6.15. The molecule has 0 amide bonds. The first-order chi connectivity index (χ1) is 8.38. The Morgan fingerprint density at radius 2 is 2.12 bits per heavy atom. The predicted molar refractivity (Wildman–Crippen MR) is 66.8 cm³/mol. The van der Waals surface area contributed by atoms with E-state index in [9.17, 15) is 0 Å². The average Bonchev–Trinajstić information content (AvgIpc) is 2.81. The van der Waals surface area contributed by atoms with Crippen LogP contribution in [-0.4, -0.2) is 40.0 Å². The summed E-state index contributed by atoms with van der Waals surface area (Å²) in [6, 6.07) is 6.85. The maximum Gasteiger partial charge on any atom is 0.126 e. The van der Waals surface area contributed by atoms with Crippen molar-refractivity contribution < 1.29 is 9.47 Å². The SMILES string of the molecule is CN[C@@H]1COc2cc(N3CCOCC3)ccc21. The highest BCUT2D eigenvalue weighted by Crippen LogP contribution is 2.35. The monoisotopic (exact) mass is 234 g/mol. The highest BCUT2D eigenvalue weighted by molar-refractivity contribution is 5.56. The van der Waals surface area contributed by atoms with E-state index >= 15 is 0 Å². The standard InChI is InChI=1S/C13H18N2O2/c1-14-12-9-17-13-8-10(2-3-11(12)13)15-4-6-16-7-5-15/h2-3,8,12,14H,4-7,9H2,1H3/t12-/m1/s1. The van der Waals surface area contributed by atoms with E-state index in [0.29, 0.717) is 6.04 Å². The molecule has 1 atom stereocenters. The fraction of sp³-hybridized carbons (Fsp3) is 0.538. The van der Waals surface area contributed by atoms with Gasteiger partial charge in [0, 0.05) is 30.4 Å². The van der Waals surface area contributed by atoms with Gasteiger partial charge in [-0.25, -0.2) is 0 Å². The molecule has 92 valence electrons. The maximum absolute atomic E-state index is 5.71. The Balaban J connectivity index is 1.84. The lowest BCUT2D eigenvalue weighted by atomic mass is 10.1. The Hall–Kier alpha value is -1.26. The molecule has 17 heavy (non-hydrogen) atoms. The van der Waals surface area contributed by atoms with Crippen molar-refractivity contribution in [1.82, 2.24) is 5.32 Å². The smallest absolute Gasteiger partial charge is 0.126 e. The normalized spacial score (nSPS) is 23.4. The second-order valence-corrected chi connectivity index (χ2v) is 4.47. The summed E-state index contributed by atoms with van der Waals surface area (Å²) < 4.78 is 11.1. The van der Waals surface area contributed by atoms with E-state index in [1.54, 1.807) is 0 Å². The quantitative estimate of drug-likeness (QED) is 0.833. The highest BCUT2D eigenvalue weighted by Gasteiger charge is 2.23. The van der Waals surface area contributed by atoms with Crippen molar-refractivity contribution in [2.24, 2.45) is 0 Å². The second kappa shape index (κ2) is 4.55. The lowest BCUT2D eigenvalue weighted by Gasteiger charge is -2.29. The molecule has 1 N–H and O–H groups in total. The van der Waals surface area contributed by atoms with E-state index in [1.807, 2.05) is 7.05 Å². The third-order valence-electron chi connectivity index (χ3n) is 3.50. The molecule has 3 rings (SSSR count). The van der Waals surface area contributed by atoms with Gasteiger partial charge in [-0.3, -0.25) is 0 Å². The minimum absolute atomic E-state index is 0.337. The van der Waals surface area contributed by atoms with Crippen LogP contribution >= 0.6 is 0 Å². The van der Waals surface area contributed by atoms with Gasteiger partial charge in [-0.05, 0) is 13.1 Å². The summed E-state index contributed by atoms with van der Waals surface area (Å²) in [4.78, 5) is 2.35. The maximum atomic E-state index is 5.71. The van der Waals surface area contributed by atoms with Gasteiger partial charge in [-0.15, -0.1) is 0 Å². The number of nitrogens with one attached hydrogen (secondary N) is 1. The summed E-state index contributed by atoms with van der Waals surface area (Å²) in [5.41, 5.74) is 2.51. The van der Waals surface area contributed by atoms with Gasteiger partial charge in [0.1, 0.15) is 12.4 Å². The number of anilines is 1. The molecule has 0 unspecified atom stereocenters. The van der Waals surface area contributed by atoms with Crippen LogP contribution in [0.3, 0.4) is 0 Å². The molecule has 4 heteroatoms. The summed E-state index contributed by atoms with van der Waals surface area (Å²) in [6.07, 6.45) is 0. The van der Waals surface area contributed by atoms with Crippen LogP contribution in [0.2, 0.25) is 0 Å². The number of hydrogen-bond donors (Lipinski definition) is 1. The van der Waals surface area contributed by atoms with Crippen LogP contribution < -0.4 is 15.0 Å². The van der Waals surface area contributed by atoms with Crippen molar-refractivity contribution in [3.05, 3.63) is 23.8 Å². The van der Waals surface area contributed by atoms with E-state index in [2.05, 4.69) is 28.4 Å². The fourth-order valence-corrected chi connectivity index (χ4v) is 2.46. The van der Waals surface area contributed by atoms with Crippen LogP contribution in [0.1, 0.15) is 11.6 Å². The van der Waals surface area contributed by atoms with Gasteiger partial charge in [0.2, 0.25) is 0 Å². The molecule has 1 aromatic rings. The van der Waals surface area contributed by atoms with Crippen molar-refractivity contribution in [1.29, 1.82) is 0 Å². The summed E-state index contributed by atoms with van der Waals surface area (Å²) >= 11 is 0. The molecule has 0 saturated carbocycles. The first kappa shape index (κ1) is 10.9. The Morgan fingerprint density at radius 3 is 2.88 bits per heavy atom. The Kier molecular flexibility index (Phi) is 2.91. The highest BCUT2D eigenvalue weighted by atomic mass is 16.5. The summed E-state index contributed by atoms with van der Waals surface area (Å²) in [6.45, 7) is 4.30. The third-order valence-corrected chi connectivity index (χ3v) is 3.50. The van der Waals surface area contributed by atoms with Crippen molar-refractivity contribution in [3.63, 3.8) is 0 Å². The number of nitrogens with zero attached hydrogens (tertiary/aromatic N) is 1. The van der Waals surface area contributed by atoms with E-state index in [0.717, 1.165) is 38.7 Å². The van der Waals surface area contributed by atoms with Crippen LogP contribution in [0.15, 0.2) is 18.2 Å². The molecule has 2 aliphatic heterocycles. The lowest BCUT2D eigenvalue weighted by Crippen LogP contribution is -2.36. The molecule has 0 radical (unpaired) electrons. The predicted octanol–water partition coefficient (Wildman–Crippen LogP) is 1.18. The molecule has 1 saturated heterocycles. The zero-order valence-electron chi connectivity index (χ0n) is 10.1. The van der Waals surface area contributed by atoms with Crippen molar-refractivity contribution in [2.45, 2.75) is 6.04 Å². The molecule has 0 aromatic heterocycles. The van der Waals surface area contributed by atoms with Gasteiger partial charge >= 0.3 is 0 Å². The zero-order chi connectivity index (χ0) is 11.7. The van der Waals surface area contributed by atoms with Crippen molar-refractivity contribution >= 4 is 5.69 Å². The Labute approximate surface area is 102 Å². The molecular formula is C13H18N2O2. The lowest BCUT2D eigenvalue weighted by molar-refractivity contribution is 0.122. The van der Waals surface area contributed by atoms with Crippen LogP contribution in [-0.2, 0) is 4.74 Å². The van der Waals surface area contributed by atoms with E-state index in [1.165, 1.54) is 11.3 Å². The number of fused-ring (bicyclic) bond motifs is 1. The summed E-state index contributed by atoms with van der Waals surface area (Å²) in [5.74, 6) is 1.02. The molecule has 2 heterocycles. The van der Waals surface area contributed by atoms with Gasteiger partial charge < -0.3 is 19.7 Å². The second-order valence-electron chi connectivity index (χ2n) is 4.47. The molecular weight excluding hydrogens is 216 g/mol. The zero-order valence-corrected chi connectivity index (χ0v) is 10.1. The first-order valence-corrected chi connectivity index (χ1v) is 6.15. The van der Waals surface area contributed by atoms with Crippen LogP contribution in [0, 0.1) is 0 Å². The molecule has 4 nitrogen and oxygen atoms in total. The largest absolute Gasteiger partial charge is 0.491 e. The van der Waals surface area contributed by atoms with E-state index in [4.69, 9.17) is 9.47 Å². The Bertz CT molecular complexity index is 402. The number of benzene rings is 1. The van der Waals surface area contributed by atoms with Gasteiger partial charge in [0.15, 0.2) is 0 Å². The van der Waals surface area contributed by atoms with E-state index < -0.39 is 0 Å². The number of ether oxygens (including phenoxy) is 2. The van der Waals surface area contributed by atoms with Crippen molar-refractivity contribution in [2.75, 3.05) is 44.9 Å². The molecule has 0 bridgehead atoms. The molecule has 1 fully saturated rings. The number of morpholine rings is 1. The van der Waals surface area contributed by atoms with Crippen LogP contribution in [0.25, 0.3) is 0 Å². The molecule has 2 aliphatic rings. The third kappa shape index (κ3) is 1.98. The van der Waals surface area contributed by atoms with E-state index in [-0.39, 0.29) is 0 Å². The van der Waals surface area contributed by atoms with Gasteiger partial charge in [-0.1, -0.05) is 6.07 Å². The number of likely N-dealkylation sites (N-methyl/N-ethyl adjacent to an activating group) is 1. The van der Waals surface area contributed by atoms with Crippen LogP contribution in [0.5, 0.6) is 5.75 Å². The van der Waals surface area contributed by atoms with Crippen molar-refractivity contribution in [3.8, 4) is 5.75 Å². The van der Waals surface area contributed by atoms with Gasteiger partial charge in [-0.2, -0.15) is 0 Å². The average molecular weight is 234 g/mol. The van der Waals surface area contributed by atoms with Crippen LogP contribution in [0.4, 0.5) is 5.69 Å².